The number of hydrogen-bond donors (Lipinski definition) is 2. The Kier molecular flexibility index (Phi) is 4.41. The molecule has 0 aliphatic carbocycles. The smallest absolute Gasteiger partial charge is 0.228 e. The first-order valence-electron chi connectivity index (χ1n) is 6.82. The Hall–Kier alpha value is -2.29. The molecule has 0 saturated heterocycles. The minimum absolute atomic E-state index is 0.0301. The van der Waals surface area contributed by atoms with Gasteiger partial charge in [-0.1, -0.05) is 42.8 Å². The van der Waals surface area contributed by atoms with Crippen molar-refractivity contribution in [3.63, 3.8) is 0 Å². The summed E-state index contributed by atoms with van der Waals surface area (Å²) in [5.41, 5.74) is 10.7. The second-order valence-electron chi connectivity index (χ2n) is 4.98. The number of nitrogen functional groups attached to an aromatic ring is 1. The van der Waals surface area contributed by atoms with Gasteiger partial charge in [-0.05, 0) is 36.6 Å². The Bertz CT molecular complexity index is 603. The maximum absolute atomic E-state index is 12.0. The Morgan fingerprint density at radius 3 is 2.45 bits per heavy atom. The van der Waals surface area contributed by atoms with Crippen LogP contribution in [0.15, 0.2) is 42.5 Å². The minimum Gasteiger partial charge on any atom is -0.398 e. The van der Waals surface area contributed by atoms with Crippen molar-refractivity contribution in [1.29, 1.82) is 0 Å². The highest BCUT2D eigenvalue weighted by atomic mass is 16.1. The van der Waals surface area contributed by atoms with E-state index in [0.29, 0.717) is 6.42 Å². The van der Waals surface area contributed by atoms with E-state index >= 15 is 0 Å². The van der Waals surface area contributed by atoms with E-state index in [1.807, 2.05) is 49.4 Å². The summed E-state index contributed by atoms with van der Waals surface area (Å²) in [5.74, 6) is -0.0301. The summed E-state index contributed by atoms with van der Waals surface area (Å²) in [6, 6.07) is 13.6. The first-order valence-corrected chi connectivity index (χ1v) is 6.82. The molecule has 0 unspecified atom stereocenters. The van der Waals surface area contributed by atoms with E-state index in [4.69, 9.17) is 5.73 Å². The molecule has 0 aliphatic heterocycles. The number of rotatable bonds is 4. The van der Waals surface area contributed by atoms with Gasteiger partial charge in [0.1, 0.15) is 0 Å². The molecule has 3 heteroatoms. The van der Waals surface area contributed by atoms with Crippen molar-refractivity contribution in [2.75, 3.05) is 11.1 Å². The summed E-state index contributed by atoms with van der Waals surface area (Å²) in [5, 5.41) is 2.88. The van der Waals surface area contributed by atoms with Crippen LogP contribution >= 0.6 is 0 Å². The fourth-order valence-electron chi connectivity index (χ4n) is 2.09. The molecule has 0 heterocycles. The molecule has 20 heavy (non-hydrogen) atoms. The van der Waals surface area contributed by atoms with Crippen molar-refractivity contribution in [2.24, 2.45) is 0 Å². The lowest BCUT2D eigenvalue weighted by atomic mass is 10.1. The first-order chi connectivity index (χ1) is 9.58. The molecular weight excluding hydrogens is 248 g/mol. The van der Waals surface area contributed by atoms with Crippen LogP contribution in [0.25, 0.3) is 0 Å². The van der Waals surface area contributed by atoms with E-state index in [-0.39, 0.29) is 5.91 Å². The van der Waals surface area contributed by atoms with Crippen LogP contribution in [-0.4, -0.2) is 5.91 Å². The van der Waals surface area contributed by atoms with E-state index in [2.05, 4.69) is 12.2 Å². The third-order valence-electron chi connectivity index (χ3n) is 3.30. The largest absolute Gasteiger partial charge is 0.398 e. The molecule has 2 aromatic carbocycles. The molecule has 0 aromatic heterocycles. The van der Waals surface area contributed by atoms with E-state index < -0.39 is 0 Å². The Balaban J connectivity index is 2.01. The molecule has 0 bridgehead atoms. The second-order valence-corrected chi connectivity index (χ2v) is 4.98. The third-order valence-corrected chi connectivity index (χ3v) is 3.30. The van der Waals surface area contributed by atoms with Crippen molar-refractivity contribution in [2.45, 2.75) is 26.7 Å². The maximum atomic E-state index is 12.0. The molecule has 0 fully saturated rings. The molecule has 0 atom stereocenters. The zero-order valence-corrected chi connectivity index (χ0v) is 11.9. The number of amides is 1. The molecule has 0 spiro atoms. The Morgan fingerprint density at radius 2 is 1.85 bits per heavy atom. The Labute approximate surface area is 119 Å². The number of anilines is 2. The molecule has 0 aliphatic rings. The van der Waals surface area contributed by atoms with Crippen LogP contribution in [-0.2, 0) is 17.6 Å². The lowest BCUT2D eigenvalue weighted by Crippen LogP contribution is -2.14. The molecule has 3 N–H and O–H groups in total. The predicted molar refractivity (Wildman–Crippen MR) is 83.7 cm³/mol. The Morgan fingerprint density at radius 1 is 1.15 bits per heavy atom. The van der Waals surface area contributed by atoms with Crippen LogP contribution in [0.2, 0.25) is 0 Å². The average Bonchev–Trinajstić information content (AvgIpc) is 2.41. The summed E-state index contributed by atoms with van der Waals surface area (Å²) in [6.45, 7) is 4.09. The van der Waals surface area contributed by atoms with Gasteiger partial charge in [-0.25, -0.2) is 0 Å². The van der Waals surface area contributed by atoms with Gasteiger partial charge in [0.05, 0.1) is 6.42 Å². The molecule has 2 aromatic rings. The number of benzene rings is 2. The van der Waals surface area contributed by atoms with E-state index in [1.54, 1.807) is 0 Å². The van der Waals surface area contributed by atoms with Crippen LogP contribution < -0.4 is 11.1 Å². The van der Waals surface area contributed by atoms with Crippen molar-refractivity contribution in [3.8, 4) is 0 Å². The van der Waals surface area contributed by atoms with Gasteiger partial charge in [0.2, 0.25) is 5.91 Å². The van der Waals surface area contributed by atoms with Gasteiger partial charge in [-0.15, -0.1) is 0 Å². The lowest BCUT2D eigenvalue weighted by Gasteiger charge is -2.09. The molecule has 2 rings (SSSR count). The fraction of sp³-hybridized carbons (Fsp3) is 0.235. The molecule has 0 radical (unpaired) electrons. The van der Waals surface area contributed by atoms with Crippen molar-refractivity contribution in [1.82, 2.24) is 0 Å². The normalized spacial score (nSPS) is 10.3. The number of carbonyl (C=O) groups excluding carboxylic acids is 1. The van der Waals surface area contributed by atoms with Gasteiger partial charge in [-0.2, -0.15) is 0 Å². The van der Waals surface area contributed by atoms with Crippen LogP contribution in [0.5, 0.6) is 0 Å². The number of nitrogens with two attached hydrogens (primary N) is 1. The van der Waals surface area contributed by atoms with E-state index in [1.165, 1.54) is 5.56 Å². The zero-order chi connectivity index (χ0) is 14.5. The van der Waals surface area contributed by atoms with Crippen LogP contribution in [0.3, 0.4) is 0 Å². The maximum Gasteiger partial charge on any atom is 0.228 e. The van der Waals surface area contributed by atoms with Crippen LogP contribution in [0.4, 0.5) is 11.4 Å². The summed E-state index contributed by atoms with van der Waals surface area (Å²) in [4.78, 5) is 12.0. The summed E-state index contributed by atoms with van der Waals surface area (Å²) < 4.78 is 0. The number of nitrogens with one attached hydrogen (secondary N) is 1. The third kappa shape index (κ3) is 3.60. The van der Waals surface area contributed by atoms with Gasteiger partial charge in [0.25, 0.3) is 0 Å². The van der Waals surface area contributed by atoms with Gasteiger partial charge < -0.3 is 11.1 Å². The predicted octanol–water partition coefficient (Wildman–Crippen LogP) is 3.32. The summed E-state index contributed by atoms with van der Waals surface area (Å²) >= 11 is 0. The average molecular weight is 268 g/mol. The molecule has 104 valence electrons. The van der Waals surface area contributed by atoms with Crippen molar-refractivity contribution in [3.05, 3.63) is 59.2 Å². The summed E-state index contributed by atoms with van der Waals surface area (Å²) in [7, 11) is 0. The van der Waals surface area contributed by atoms with Gasteiger partial charge in [0, 0.05) is 11.4 Å². The second kappa shape index (κ2) is 6.24. The molecule has 0 saturated carbocycles. The highest BCUT2D eigenvalue weighted by molar-refractivity contribution is 5.92. The van der Waals surface area contributed by atoms with Crippen molar-refractivity contribution < 1.29 is 4.79 Å². The zero-order valence-electron chi connectivity index (χ0n) is 11.9. The van der Waals surface area contributed by atoms with Gasteiger partial charge in [-0.3, -0.25) is 4.79 Å². The topological polar surface area (TPSA) is 55.1 Å². The van der Waals surface area contributed by atoms with Crippen molar-refractivity contribution >= 4 is 17.3 Å². The SMILES string of the molecule is CCc1ccc(NC(=O)Cc2ccc(C)cc2)cc1N. The standard InChI is InChI=1S/C17H20N2O/c1-3-14-8-9-15(11-16(14)18)19-17(20)10-13-6-4-12(2)5-7-13/h4-9,11H,3,10,18H2,1-2H3,(H,19,20). The number of aryl methyl sites for hydroxylation is 2. The first kappa shape index (κ1) is 14.1. The fourth-order valence-corrected chi connectivity index (χ4v) is 2.09. The minimum atomic E-state index is -0.0301. The van der Waals surface area contributed by atoms with Gasteiger partial charge >= 0.3 is 0 Å². The van der Waals surface area contributed by atoms with E-state index in [0.717, 1.165) is 28.9 Å². The quantitative estimate of drug-likeness (QED) is 0.836. The number of hydrogen-bond acceptors (Lipinski definition) is 2. The van der Waals surface area contributed by atoms with Crippen LogP contribution in [0.1, 0.15) is 23.6 Å². The molecule has 1 amide bonds. The highest BCUT2D eigenvalue weighted by Crippen LogP contribution is 2.18. The highest BCUT2D eigenvalue weighted by Gasteiger charge is 2.05. The monoisotopic (exact) mass is 268 g/mol. The van der Waals surface area contributed by atoms with E-state index in [9.17, 15) is 4.79 Å². The summed E-state index contributed by atoms with van der Waals surface area (Å²) in [6.07, 6.45) is 1.26. The van der Waals surface area contributed by atoms with Gasteiger partial charge in [0.15, 0.2) is 0 Å². The molecule has 3 nitrogen and oxygen atoms in total. The molecular formula is C17H20N2O. The van der Waals surface area contributed by atoms with Crippen LogP contribution in [0, 0.1) is 6.92 Å². The number of carbonyl (C=O) groups is 1. The lowest BCUT2D eigenvalue weighted by molar-refractivity contribution is -0.115.